The summed E-state index contributed by atoms with van der Waals surface area (Å²) < 4.78 is 6.04. The van der Waals surface area contributed by atoms with Gasteiger partial charge in [-0.2, -0.15) is 0 Å². The summed E-state index contributed by atoms with van der Waals surface area (Å²) in [6, 6.07) is 11.8. The van der Waals surface area contributed by atoms with E-state index in [2.05, 4.69) is 22.8 Å². The van der Waals surface area contributed by atoms with Crippen molar-refractivity contribution in [1.29, 1.82) is 0 Å². The predicted molar refractivity (Wildman–Crippen MR) is 115 cm³/mol. The van der Waals surface area contributed by atoms with Gasteiger partial charge in [0.2, 0.25) is 0 Å². The van der Waals surface area contributed by atoms with Gasteiger partial charge in [0.15, 0.2) is 0 Å². The molecule has 1 aromatic carbocycles. The zero-order valence-corrected chi connectivity index (χ0v) is 17.3. The van der Waals surface area contributed by atoms with Crippen molar-refractivity contribution >= 4 is 6.03 Å². The van der Waals surface area contributed by atoms with Crippen molar-refractivity contribution in [2.75, 3.05) is 0 Å². The van der Waals surface area contributed by atoms with Crippen molar-refractivity contribution in [2.45, 2.75) is 89.4 Å². The second-order valence-electron chi connectivity index (χ2n) is 7.74. The summed E-state index contributed by atoms with van der Waals surface area (Å²) in [5.74, 6) is 0. The molecule has 3 rings (SSSR count). The summed E-state index contributed by atoms with van der Waals surface area (Å²) >= 11 is 0. The van der Waals surface area contributed by atoms with Crippen LogP contribution in [0.5, 0.6) is 0 Å². The summed E-state index contributed by atoms with van der Waals surface area (Å²) in [6.07, 6.45) is 12.8. The van der Waals surface area contributed by atoms with Gasteiger partial charge in [-0.3, -0.25) is 0 Å². The minimum absolute atomic E-state index is 0. The van der Waals surface area contributed by atoms with Crippen LogP contribution in [0, 0.1) is 20.9 Å². The molecule has 0 unspecified atom stereocenters. The summed E-state index contributed by atoms with van der Waals surface area (Å²) in [4.78, 5) is 12.3. The zero-order chi connectivity index (χ0) is 18.0. The Bertz CT molecular complexity index is 519. The average molecular weight is 386 g/mol. The monoisotopic (exact) mass is 385 g/mol. The van der Waals surface area contributed by atoms with Gasteiger partial charge in [0.25, 0.3) is 0 Å². The number of hydrogen-bond donors (Lipinski definition) is 2. The number of carbonyl (C=O) groups excluding carboxylic acids is 1. The summed E-state index contributed by atoms with van der Waals surface area (Å²) in [6.45, 7) is 0.683. The highest BCUT2D eigenvalue weighted by Gasteiger charge is 2.24. The number of benzene rings is 1. The van der Waals surface area contributed by atoms with Crippen molar-refractivity contribution in [1.82, 2.24) is 10.6 Å². The Labute approximate surface area is 172 Å². The van der Waals surface area contributed by atoms with Crippen LogP contribution in [0.4, 0.5) is 4.79 Å². The molecule has 0 heterocycles. The number of rotatable bonds is 5. The van der Waals surface area contributed by atoms with Gasteiger partial charge in [0.1, 0.15) is 0 Å². The third kappa shape index (κ3) is 8.64. The molecule has 0 aliphatic heterocycles. The van der Waals surface area contributed by atoms with E-state index in [0.717, 1.165) is 38.5 Å². The molecule has 2 aliphatic carbocycles. The Morgan fingerprint density at radius 3 is 2.14 bits per heavy atom. The fourth-order valence-electron chi connectivity index (χ4n) is 4.00. The van der Waals surface area contributed by atoms with E-state index in [0.29, 0.717) is 12.7 Å². The number of hydrogen-bond acceptors (Lipinski definition) is 2. The molecule has 0 bridgehead atoms. The number of amides is 2. The van der Waals surface area contributed by atoms with Crippen LogP contribution in [-0.4, -0.2) is 18.2 Å². The fraction of sp³-hybridized carbons (Fsp3) is 0.583. The minimum Gasteiger partial charge on any atom is -0.374 e. The average Bonchev–Trinajstić information content (AvgIpc) is 2.64. The van der Waals surface area contributed by atoms with Crippen LogP contribution in [0.15, 0.2) is 30.3 Å². The molecule has 1 aromatic rings. The van der Waals surface area contributed by atoms with Crippen molar-refractivity contribution in [2.24, 2.45) is 0 Å². The van der Waals surface area contributed by atoms with E-state index in [1.807, 2.05) is 18.2 Å². The summed E-state index contributed by atoms with van der Waals surface area (Å²) in [5, 5.41) is 6.30. The highest BCUT2D eigenvalue weighted by Crippen LogP contribution is 2.24. The van der Waals surface area contributed by atoms with E-state index >= 15 is 0 Å². The molecule has 2 N–H and O–H groups in total. The van der Waals surface area contributed by atoms with Gasteiger partial charge in [0.05, 0.1) is 18.8 Å². The van der Waals surface area contributed by atoms with Crippen LogP contribution in [0.1, 0.15) is 76.2 Å². The lowest BCUT2D eigenvalue weighted by Crippen LogP contribution is -2.45. The Morgan fingerprint density at radius 2 is 1.50 bits per heavy atom. The lowest BCUT2D eigenvalue weighted by molar-refractivity contribution is 0.0120. The number of ether oxygens (including phenoxy) is 1. The van der Waals surface area contributed by atoms with Crippen LogP contribution in [0.25, 0.3) is 0 Å². The molecule has 0 aromatic heterocycles. The van der Waals surface area contributed by atoms with Crippen LogP contribution < -0.4 is 10.6 Å². The molecule has 2 aliphatic rings. The van der Waals surface area contributed by atoms with Gasteiger partial charge < -0.3 is 15.4 Å². The van der Waals surface area contributed by atoms with Gasteiger partial charge in [-0.25, -0.2) is 4.79 Å². The molecular formula is C24H37N2O2. The molecule has 2 fully saturated rings. The van der Waals surface area contributed by atoms with Crippen LogP contribution >= 0.6 is 0 Å². The number of carbonyl (C=O) groups is 1. The maximum Gasteiger partial charge on any atom is 0.315 e. The van der Waals surface area contributed by atoms with Gasteiger partial charge in [-0.1, -0.05) is 77.3 Å². The number of urea groups is 1. The maximum atomic E-state index is 12.3. The topological polar surface area (TPSA) is 50.4 Å². The Hall–Kier alpha value is -1.55. The molecule has 0 atom stereocenters. The lowest BCUT2D eigenvalue weighted by atomic mass is 9.93. The van der Waals surface area contributed by atoms with E-state index in [-0.39, 0.29) is 26.9 Å². The molecule has 2 saturated carbocycles. The first-order chi connectivity index (χ1) is 12.8. The van der Waals surface area contributed by atoms with Gasteiger partial charge in [-0.05, 0) is 44.1 Å². The molecular weight excluding hydrogens is 348 g/mol. The SMILES string of the molecule is O=C(N[C]1CCCCCCC1)NC1CCC(OCc2ccccc2)CC1.[CH2].[CH2]. The van der Waals surface area contributed by atoms with E-state index in [1.165, 1.54) is 43.7 Å². The first kappa shape index (κ1) is 24.5. The van der Waals surface area contributed by atoms with E-state index in [4.69, 9.17) is 4.74 Å². The first-order valence-electron chi connectivity index (χ1n) is 10.4. The molecule has 0 spiro atoms. The van der Waals surface area contributed by atoms with Crippen molar-refractivity contribution in [3.8, 4) is 0 Å². The van der Waals surface area contributed by atoms with Crippen molar-refractivity contribution in [3.63, 3.8) is 0 Å². The van der Waals surface area contributed by atoms with Crippen LogP contribution in [0.2, 0.25) is 0 Å². The van der Waals surface area contributed by atoms with E-state index in [1.54, 1.807) is 0 Å². The second-order valence-corrected chi connectivity index (χ2v) is 7.74. The van der Waals surface area contributed by atoms with Crippen molar-refractivity contribution < 1.29 is 9.53 Å². The predicted octanol–water partition coefficient (Wildman–Crippen LogP) is 5.74. The molecule has 5 radical (unpaired) electrons. The molecule has 4 heteroatoms. The lowest BCUT2D eigenvalue weighted by Gasteiger charge is -2.30. The molecule has 28 heavy (non-hydrogen) atoms. The molecule has 155 valence electrons. The van der Waals surface area contributed by atoms with Gasteiger partial charge in [-0.15, -0.1) is 0 Å². The standard InChI is InChI=1S/C22H33N2O2.2CH2/c25-22(23-19-11-7-2-1-3-8-12-19)24-20-13-15-21(16-14-20)26-17-18-9-5-4-6-10-18;;/h4-6,9-10,20-21H,1-3,7-8,11-17H2,(H2,23,24,25);2*1H2. The third-order valence-corrected chi connectivity index (χ3v) is 5.59. The Kier molecular flexibility index (Phi) is 11.9. The second kappa shape index (κ2) is 13.6. The van der Waals surface area contributed by atoms with Gasteiger partial charge >= 0.3 is 6.03 Å². The van der Waals surface area contributed by atoms with Crippen molar-refractivity contribution in [3.05, 3.63) is 56.8 Å². The minimum atomic E-state index is -0.00535. The quantitative estimate of drug-likeness (QED) is 0.678. The highest BCUT2D eigenvalue weighted by molar-refractivity contribution is 5.75. The van der Waals surface area contributed by atoms with Crippen LogP contribution in [-0.2, 0) is 11.3 Å². The Morgan fingerprint density at radius 1 is 0.893 bits per heavy atom. The highest BCUT2D eigenvalue weighted by atomic mass is 16.5. The third-order valence-electron chi connectivity index (χ3n) is 5.59. The normalized spacial score (nSPS) is 23.3. The van der Waals surface area contributed by atoms with Crippen LogP contribution in [0.3, 0.4) is 0 Å². The number of nitrogens with one attached hydrogen (secondary N) is 2. The smallest absolute Gasteiger partial charge is 0.315 e. The molecule has 4 nitrogen and oxygen atoms in total. The summed E-state index contributed by atoms with van der Waals surface area (Å²) in [7, 11) is 0. The van der Waals surface area contributed by atoms with Gasteiger partial charge in [0, 0.05) is 6.04 Å². The molecule has 2 amide bonds. The zero-order valence-electron chi connectivity index (χ0n) is 17.3. The summed E-state index contributed by atoms with van der Waals surface area (Å²) in [5.41, 5.74) is 1.23. The maximum absolute atomic E-state index is 12.3. The Balaban J connectivity index is 0.00000196. The first-order valence-corrected chi connectivity index (χ1v) is 10.4. The molecule has 0 saturated heterocycles. The van der Waals surface area contributed by atoms with E-state index < -0.39 is 0 Å². The van der Waals surface area contributed by atoms with E-state index in [9.17, 15) is 4.79 Å². The largest absolute Gasteiger partial charge is 0.374 e. The fourth-order valence-corrected chi connectivity index (χ4v) is 4.00.